The average molecular weight is 484 g/mol. The molecule has 4 rings (SSSR count). The van der Waals surface area contributed by atoms with Crippen molar-refractivity contribution in [2.45, 2.75) is 19.3 Å². The second-order valence-electron chi connectivity index (χ2n) is 8.15. The number of pyridine rings is 1. The number of alkyl halides is 2. The van der Waals surface area contributed by atoms with E-state index in [-0.39, 0.29) is 5.95 Å². The van der Waals surface area contributed by atoms with Crippen molar-refractivity contribution in [1.29, 1.82) is 0 Å². The fourth-order valence-electron chi connectivity index (χ4n) is 4.03. The molecule has 1 aliphatic rings. The predicted molar refractivity (Wildman–Crippen MR) is 127 cm³/mol. The van der Waals surface area contributed by atoms with Crippen molar-refractivity contribution in [2.24, 2.45) is 5.92 Å². The molecule has 1 aromatic carbocycles. The van der Waals surface area contributed by atoms with Gasteiger partial charge in [0, 0.05) is 43.8 Å². The number of benzene rings is 1. The maximum absolute atomic E-state index is 13.5. The van der Waals surface area contributed by atoms with Gasteiger partial charge in [-0.05, 0) is 43.0 Å². The lowest BCUT2D eigenvalue weighted by Crippen LogP contribution is -2.39. The van der Waals surface area contributed by atoms with Crippen LogP contribution in [-0.2, 0) is 0 Å². The average Bonchev–Trinajstić information content (AvgIpc) is 2.91. The van der Waals surface area contributed by atoms with Crippen molar-refractivity contribution < 1.29 is 23.0 Å². The van der Waals surface area contributed by atoms with Gasteiger partial charge >= 0.3 is 0 Å². The number of aromatic nitrogens is 3. The molecule has 0 radical (unpaired) electrons. The van der Waals surface area contributed by atoms with Gasteiger partial charge in [0.1, 0.15) is 5.75 Å². The summed E-state index contributed by atoms with van der Waals surface area (Å²) in [6.07, 6.45) is 3.48. The Hall–Kier alpha value is -3.82. The summed E-state index contributed by atoms with van der Waals surface area (Å²) in [5.74, 6) is 0.858. The van der Waals surface area contributed by atoms with Crippen molar-refractivity contribution in [1.82, 2.24) is 15.0 Å². The number of ether oxygens (including phenoxy) is 2. The third kappa shape index (κ3) is 6.20. The Morgan fingerprint density at radius 2 is 1.83 bits per heavy atom. The van der Waals surface area contributed by atoms with Crippen LogP contribution in [0, 0.1) is 5.92 Å². The number of carbonyl (C=O) groups is 1. The molecule has 3 aromatic rings. The lowest BCUT2D eigenvalue weighted by Gasteiger charge is -2.35. The van der Waals surface area contributed by atoms with Crippen LogP contribution in [0.4, 0.5) is 20.4 Å². The molecule has 0 N–H and O–H groups in total. The number of halogens is 2. The SMILES string of the molecule is COc1ccc(C(=O)N(CC(F)F)c2ncccn2)c(N2CCC(COc3ccccn3)CC2)c1. The Bertz CT molecular complexity index is 1100. The standard InChI is InChI=1S/C25H27F2N5O3/c1-34-19-6-7-20(24(33)32(16-22(26)27)25-29-11-4-12-30-25)21(15-19)31-13-8-18(9-14-31)17-35-23-5-2-3-10-28-23/h2-7,10-12,15,18,22H,8-9,13-14,16-17H2,1H3. The largest absolute Gasteiger partial charge is 0.497 e. The van der Waals surface area contributed by atoms with Gasteiger partial charge in [-0.25, -0.2) is 23.7 Å². The summed E-state index contributed by atoms with van der Waals surface area (Å²) < 4.78 is 37.9. The predicted octanol–water partition coefficient (Wildman–Crippen LogP) is 4.09. The number of hydrogen-bond acceptors (Lipinski definition) is 7. The molecule has 1 fully saturated rings. The smallest absolute Gasteiger partial charge is 0.262 e. The number of piperidine rings is 1. The van der Waals surface area contributed by atoms with Gasteiger partial charge < -0.3 is 14.4 Å². The minimum Gasteiger partial charge on any atom is -0.497 e. The highest BCUT2D eigenvalue weighted by Crippen LogP contribution is 2.32. The summed E-state index contributed by atoms with van der Waals surface area (Å²) in [6.45, 7) is 1.12. The molecule has 35 heavy (non-hydrogen) atoms. The molecule has 8 nitrogen and oxygen atoms in total. The van der Waals surface area contributed by atoms with Crippen LogP contribution in [0.25, 0.3) is 0 Å². The van der Waals surface area contributed by atoms with E-state index in [1.54, 1.807) is 37.6 Å². The minimum absolute atomic E-state index is 0.0649. The topological polar surface area (TPSA) is 80.7 Å². The van der Waals surface area contributed by atoms with E-state index in [2.05, 4.69) is 19.9 Å². The van der Waals surface area contributed by atoms with E-state index in [9.17, 15) is 13.6 Å². The maximum Gasteiger partial charge on any atom is 0.262 e. The van der Waals surface area contributed by atoms with Crippen LogP contribution >= 0.6 is 0 Å². The van der Waals surface area contributed by atoms with Gasteiger partial charge in [-0.15, -0.1) is 0 Å². The van der Waals surface area contributed by atoms with Gasteiger partial charge in [0.25, 0.3) is 12.3 Å². The molecule has 0 atom stereocenters. The Morgan fingerprint density at radius 1 is 1.09 bits per heavy atom. The molecule has 0 aliphatic carbocycles. The molecule has 2 aromatic heterocycles. The van der Waals surface area contributed by atoms with Crippen LogP contribution in [-0.4, -0.2) is 60.6 Å². The summed E-state index contributed by atoms with van der Waals surface area (Å²) in [4.78, 5) is 28.7. The van der Waals surface area contributed by atoms with E-state index in [0.29, 0.717) is 48.5 Å². The molecule has 10 heteroatoms. The van der Waals surface area contributed by atoms with E-state index in [4.69, 9.17) is 9.47 Å². The van der Waals surface area contributed by atoms with Crippen LogP contribution in [0.5, 0.6) is 11.6 Å². The normalized spacial score (nSPS) is 14.1. The fourth-order valence-corrected chi connectivity index (χ4v) is 4.03. The molecule has 1 amide bonds. The summed E-state index contributed by atoms with van der Waals surface area (Å²) >= 11 is 0. The lowest BCUT2D eigenvalue weighted by molar-refractivity contribution is 0.0943. The second-order valence-corrected chi connectivity index (χ2v) is 8.15. The Labute approximate surface area is 202 Å². The first-order valence-corrected chi connectivity index (χ1v) is 11.4. The molecular weight excluding hydrogens is 456 g/mol. The van der Waals surface area contributed by atoms with Crippen molar-refractivity contribution >= 4 is 17.5 Å². The van der Waals surface area contributed by atoms with Gasteiger partial charge in [-0.2, -0.15) is 0 Å². The number of rotatable bonds is 9. The van der Waals surface area contributed by atoms with Gasteiger partial charge in [-0.3, -0.25) is 9.69 Å². The van der Waals surface area contributed by atoms with Gasteiger partial charge in [-0.1, -0.05) is 6.07 Å². The van der Waals surface area contributed by atoms with Crippen LogP contribution in [0.15, 0.2) is 61.1 Å². The number of nitrogens with zero attached hydrogens (tertiary/aromatic N) is 5. The number of methoxy groups -OCH3 is 1. The zero-order valence-electron chi connectivity index (χ0n) is 19.4. The van der Waals surface area contributed by atoms with Crippen molar-refractivity contribution in [3.63, 3.8) is 0 Å². The summed E-state index contributed by atoms with van der Waals surface area (Å²) in [7, 11) is 1.54. The lowest BCUT2D eigenvalue weighted by atomic mass is 9.96. The third-order valence-corrected chi connectivity index (χ3v) is 5.85. The molecule has 0 bridgehead atoms. The number of amides is 1. The fraction of sp³-hybridized carbons (Fsp3) is 0.360. The summed E-state index contributed by atoms with van der Waals surface area (Å²) in [5.41, 5.74) is 0.927. The quantitative estimate of drug-likeness (QED) is 0.454. The van der Waals surface area contributed by atoms with Crippen molar-refractivity contribution in [3.8, 4) is 11.6 Å². The Morgan fingerprint density at radius 3 is 2.49 bits per heavy atom. The first kappa shape index (κ1) is 24.3. The highest BCUT2D eigenvalue weighted by atomic mass is 19.3. The Kier molecular flexibility index (Phi) is 8.02. The zero-order valence-corrected chi connectivity index (χ0v) is 19.4. The number of hydrogen-bond donors (Lipinski definition) is 0. The Balaban J connectivity index is 1.51. The van der Waals surface area contributed by atoms with E-state index in [1.165, 1.54) is 12.4 Å². The number of carbonyl (C=O) groups excluding carboxylic acids is 1. The van der Waals surface area contributed by atoms with Gasteiger partial charge in [0.2, 0.25) is 11.8 Å². The van der Waals surface area contributed by atoms with Gasteiger partial charge in [0.05, 0.1) is 31.5 Å². The molecule has 0 unspecified atom stereocenters. The monoisotopic (exact) mass is 483 g/mol. The van der Waals surface area contributed by atoms with Crippen LogP contribution in [0.1, 0.15) is 23.2 Å². The van der Waals surface area contributed by atoms with E-state index in [1.807, 2.05) is 18.2 Å². The second kappa shape index (κ2) is 11.5. The van der Waals surface area contributed by atoms with Crippen LogP contribution in [0.2, 0.25) is 0 Å². The maximum atomic E-state index is 13.5. The molecular formula is C25H27F2N5O3. The van der Waals surface area contributed by atoms with E-state index in [0.717, 1.165) is 17.7 Å². The summed E-state index contributed by atoms with van der Waals surface area (Å²) in [5, 5.41) is 0. The molecule has 0 spiro atoms. The highest BCUT2D eigenvalue weighted by molar-refractivity contribution is 6.09. The molecule has 0 saturated carbocycles. The number of anilines is 2. The van der Waals surface area contributed by atoms with Crippen LogP contribution in [0.3, 0.4) is 0 Å². The highest BCUT2D eigenvalue weighted by Gasteiger charge is 2.29. The van der Waals surface area contributed by atoms with E-state index >= 15 is 0 Å². The molecule has 184 valence electrons. The third-order valence-electron chi connectivity index (χ3n) is 5.85. The van der Waals surface area contributed by atoms with E-state index < -0.39 is 18.9 Å². The molecule has 1 aliphatic heterocycles. The molecule has 3 heterocycles. The summed E-state index contributed by atoms with van der Waals surface area (Å²) in [6, 6.07) is 12.1. The zero-order chi connectivity index (χ0) is 24.6. The van der Waals surface area contributed by atoms with Crippen molar-refractivity contribution in [2.75, 3.05) is 43.2 Å². The first-order valence-electron chi connectivity index (χ1n) is 11.4. The van der Waals surface area contributed by atoms with Crippen LogP contribution < -0.4 is 19.3 Å². The molecule has 1 saturated heterocycles. The van der Waals surface area contributed by atoms with Gasteiger partial charge in [0.15, 0.2) is 0 Å². The van der Waals surface area contributed by atoms with Crippen molar-refractivity contribution in [3.05, 3.63) is 66.6 Å². The minimum atomic E-state index is -2.74. The first-order chi connectivity index (χ1) is 17.0.